The second-order valence-corrected chi connectivity index (χ2v) is 7.42. The minimum absolute atomic E-state index is 0.200. The van der Waals surface area contributed by atoms with Gasteiger partial charge in [0.25, 0.3) is 0 Å². The highest BCUT2D eigenvalue weighted by atomic mass is 16.5. The highest BCUT2D eigenvalue weighted by Gasteiger charge is 2.42. The second-order valence-electron chi connectivity index (χ2n) is 7.42. The number of hydrogen-bond donors (Lipinski definition) is 0. The Morgan fingerprint density at radius 2 is 2.04 bits per heavy atom. The molecule has 0 radical (unpaired) electrons. The lowest BCUT2D eigenvalue weighted by Gasteiger charge is -2.18. The van der Waals surface area contributed by atoms with Crippen LogP contribution < -0.4 is 0 Å². The molecule has 2 saturated heterocycles. The van der Waals surface area contributed by atoms with Gasteiger partial charge in [0.1, 0.15) is 0 Å². The molecule has 0 amide bonds. The van der Waals surface area contributed by atoms with Gasteiger partial charge in [-0.15, -0.1) is 0 Å². The van der Waals surface area contributed by atoms with Gasteiger partial charge in [-0.05, 0) is 25.5 Å². The highest BCUT2D eigenvalue weighted by molar-refractivity contribution is 5.78. The summed E-state index contributed by atoms with van der Waals surface area (Å²) in [6, 6.07) is 12.6. The van der Waals surface area contributed by atoms with Gasteiger partial charge < -0.3 is 9.26 Å². The summed E-state index contributed by atoms with van der Waals surface area (Å²) in [5.41, 5.74) is 2.19. The van der Waals surface area contributed by atoms with Crippen LogP contribution in [0.5, 0.6) is 0 Å². The van der Waals surface area contributed by atoms with Crippen molar-refractivity contribution in [2.75, 3.05) is 13.1 Å². The Kier molecular flexibility index (Phi) is 3.94. The largest absolute Gasteiger partial charge is 0.373 e. The molecule has 0 saturated carbocycles. The smallest absolute Gasteiger partial charge is 0.229 e. The third-order valence-corrected chi connectivity index (χ3v) is 5.40. The summed E-state index contributed by atoms with van der Waals surface area (Å²) in [6.45, 7) is 4.77. The average molecular weight is 350 g/mol. The van der Waals surface area contributed by atoms with Crippen molar-refractivity contribution in [3.8, 4) is 0 Å². The number of para-hydroxylation sites is 1. The maximum absolute atomic E-state index is 6.25. The van der Waals surface area contributed by atoms with Gasteiger partial charge in [-0.2, -0.15) is 4.98 Å². The lowest BCUT2D eigenvalue weighted by molar-refractivity contribution is 0.0342. The number of hydrogen-bond acceptors (Lipinski definition) is 6. The van der Waals surface area contributed by atoms with Crippen molar-refractivity contribution >= 4 is 10.9 Å². The summed E-state index contributed by atoms with van der Waals surface area (Å²) >= 11 is 0. The van der Waals surface area contributed by atoms with Crippen LogP contribution in [-0.2, 0) is 17.7 Å². The van der Waals surface area contributed by atoms with E-state index in [9.17, 15) is 0 Å². The molecule has 6 nitrogen and oxygen atoms in total. The first kappa shape index (κ1) is 15.9. The first-order chi connectivity index (χ1) is 12.7. The number of ether oxygens (including phenoxy) is 1. The Morgan fingerprint density at radius 3 is 2.88 bits per heavy atom. The minimum atomic E-state index is 0.200. The zero-order valence-corrected chi connectivity index (χ0v) is 14.8. The Morgan fingerprint density at radius 1 is 1.12 bits per heavy atom. The number of pyridine rings is 1. The number of fused-ring (bicyclic) bond motifs is 2. The average Bonchev–Trinajstić information content (AvgIpc) is 3.30. The van der Waals surface area contributed by atoms with E-state index in [0.29, 0.717) is 23.7 Å². The fourth-order valence-corrected chi connectivity index (χ4v) is 4.25. The standard InChI is InChI=1S/C20H22N4O2/c1-13-21-20(26-23-13)9-17-8-15-10-24(12-19(15)25-17)11-16-7-6-14-4-2-3-5-18(14)22-16/h2-7,15,17,19H,8-12H2,1H3/t15-,17+,19+/m0/s1. The van der Waals surface area contributed by atoms with Gasteiger partial charge in [-0.1, -0.05) is 29.4 Å². The number of aryl methyl sites for hydroxylation is 1. The predicted molar refractivity (Wildman–Crippen MR) is 96.5 cm³/mol. The molecule has 134 valence electrons. The third-order valence-electron chi connectivity index (χ3n) is 5.40. The van der Waals surface area contributed by atoms with Crippen molar-refractivity contribution in [2.45, 2.75) is 38.5 Å². The van der Waals surface area contributed by atoms with E-state index in [0.717, 1.165) is 43.7 Å². The van der Waals surface area contributed by atoms with Gasteiger partial charge in [0.05, 0.1) is 29.8 Å². The predicted octanol–water partition coefficient (Wildman–Crippen LogP) is 2.76. The summed E-state index contributed by atoms with van der Waals surface area (Å²) in [5.74, 6) is 1.96. The van der Waals surface area contributed by atoms with Crippen LogP contribution in [0.1, 0.15) is 23.8 Å². The molecule has 2 aromatic heterocycles. The van der Waals surface area contributed by atoms with Gasteiger partial charge >= 0.3 is 0 Å². The molecule has 26 heavy (non-hydrogen) atoms. The molecule has 3 atom stereocenters. The molecule has 0 unspecified atom stereocenters. The van der Waals surface area contributed by atoms with E-state index in [1.807, 2.05) is 13.0 Å². The monoisotopic (exact) mass is 350 g/mol. The lowest BCUT2D eigenvalue weighted by Crippen LogP contribution is -2.25. The van der Waals surface area contributed by atoms with Crippen molar-refractivity contribution in [2.24, 2.45) is 5.92 Å². The maximum atomic E-state index is 6.25. The summed E-state index contributed by atoms with van der Waals surface area (Å²) in [5, 5.41) is 5.05. The fraction of sp³-hybridized carbons (Fsp3) is 0.450. The van der Waals surface area contributed by atoms with Crippen LogP contribution in [0.15, 0.2) is 40.9 Å². The molecule has 1 aromatic carbocycles. The lowest BCUT2D eigenvalue weighted by atomic mass is 10.0. The normalized spacial score (nSPS) is 25.8. The molecule has 6 heteroatoms. The van der Waals surface area contributed by atoms with Crippen molar-refractivity contribution in [3.63, 3.8) is 0 Å². The molecular formula is C20H22N4O2. The van der Waals surface area contributed by atoms with Crippen molar-refractivity contribution in [3.05, 3.63) is 53.8 Å². The Hall–Kier alpha value is -2.31. The topological polar surface area (TPSA) is 64.3 Å². The van der Waals surface area contributed by atoms with E-state index in [-0.39, 0.29) is 6.10 Å². The summed E-state index contributed by atoms with van der Waals surface area (Å²) in [4.78, 5) is 11.5. The number of likely N-dealkylation sites (tertiary alicyclic amines) is 1. The SMILES string of the molecule is Cc1noc(C[C@H]2C[C@H]3CN(Cc4ccc5ccccc5n4)C[C@H]3O2)n1. The van der Waals surface area contributed by atoms with Crippen LogP contribution in [0.2, 0.25) is 0 Å². The molecule has 0 N–H and O–H groups in total. The third kappa shape index (κ3) is 3.10. The minimum Gasteiger partial charge on any atom is -0.373 e. The quantitative estimate of drug-likeness (QED) is 0.721. The van der Waals surface area contributed by atoms with Crippen LogP contribution in [0, 0.1) is 12.8 Å². The molecule has 0 spiro atoms. The van der Waals surface area contributed by atoms with Crippen LogP contribution in [0.25, 0.3) is 10.9 Å². The van der Waals surface area contributed by atoms with Gasteiger partial charge in [0.15, 0.2) is 5.82 Å². The zero-order chi connectivity index (χ0) is 17.5. The van der Waals surface area contributed by atoms with Crippen molar-refractivity contribution in [1.29, 1.82) is 0 Å². The van der Waals surface area contributed by atoms with E-state index in [1.165, 1.54) is 5.39 Å². The van der Waals surface area contributed by atoms with E-state index in [4.69, 9.17) is 14.2 Å². The Bertz CT molecular complexity index is 911. The van der Waals surface area contributed by atoms with Crippen LogP contribution in [0.4, 0.5) is 0 Å². The van der Waals surface area contributed by atoms with E-state index >= 15 is 0 Å². The number of rotatable bonds is 4. The first-order valence-corrected chi connectivity index (χ1v) is 9.24. The molecule has 4 heterocycles. The van der Waals surface area contributed by atoms with E-state index in [2.05, 4.69) is 45.4 Å². The summed E-state index contributed by atoms with van der Waals surface area (Å²) < 4.78 is 11.5. The molecule has 2 fully saturated rings. The second kappa shape index (κ2) is 6.45. The van der Waals surface area contributed by atoms with Gasteiger partial charge in [0.2, 0.25) is 5.89 Å². The molecular weight excluding hydrogens is 328 g/mol. The highest BCUT2D eigenvalue weighted by Crippen LogP contribution is 2.34. The van der Waals surface area contributed by atoms with Gasteiger partial charge in [-0.25, -0.2) is 0 Å². The van der Waals surface area contributed by atoms with Crippen molar-refractivity contribution < 1.29 is 9.26 Å². The Balaban J connectivity index is 1.19. The molecule has 3 aromatic rings. The van der Waals surface area contributed by atoms with E-state index < -0.39 is 0 Å². The maximum Gasteiger partial charge on any atom is 0.229 e. The molecule has 2 aliphatic rings. The number of nitrogens with zero attached hydrogens (tertiary/aromatic N) is 4. The van der Waals surface area contributed by atoms with Crippen LogP contribution >= 0.6 is 0 Å². The zero-order valence-electron chi connectivity index (χ0n) is 14.8. The molecule has 0 bridgehead atoms. The molecule has 0 aliphatic carbocycles. The van der Waals surface area contributed by atoms with Crippen LogP contribution in [0.3, 0.4) is 0 Å². The summed E-state index contributed by atoms with van der Waals surface area (Å²) in [6.07, 6.45) is 2.30. The van der Waals surface area contributed by atoms with Crippen LogP contribution in [-0.4, -0.2) is 45.3 Å². The van der Waals surface area contributed by atoms with Gasteiger partial charge in [-0.3, -0.25) is 9.88 Å². The van der Waals surface area contributed by atoms with Crippen molar-refractivity contribution in [1.82, 2.24) is 20.0 Å². The number of aromatic nitrogens is 3. The fourth-order valence-electron chi connectivity index (χ4n) is 4.25. The van der Waals surface area contributed by atoms with E-state index in [1.54, 1.807) is 0 Å². The van der Waals surface area contributed by atoms with Gasteiger partial charge in [0, 0.05) is 30.9 Å². The number of benzene rings is 1. The Labute approximate surface area is 152 Å². The summed E-state index contributed by atoms with van der Waals surface area (Å²) in [7, 11) is 0. The molecule has 2 aliphatic heterocycles. The first-order valence-electron chi connectivity index (χ1n) is 9.24. The molecule has 5 rings (SSSR count).